The lowest BCUT2D eigenvalue weighted by Gasteiger charge is -2.08. The van der Waals surface area contributed by atoms with Gasteiger partial charge in [-0.25, -0.2) is 4.79 Å². The number of allylic oxidation sites excluding steroid dienone is 2. The standard InChI is InChI=1S/C25H20O2.C20H18O2.2C19H18O3.C11H12O2.C8H8O2.C6H7BO2.7C2H6/c1-17-9-8-12-19(18(17)2)15-16-23-24(20-10-4-3-5-11-20)25(26)21-13-6-7-14-22(21)27-23;1-13-7-6-8-16(14(13)2)11-12-18-15(3)20(21)17-9-4-5-10-19(17)22-18;1-13-7-6-8-16(14(13)2)11-12-19(21)22-18-10-5-4-9-17(18)15(3)20;1-13-6-5-7-15(14(13)2)10-11-16(20)12-19(22)17-8-3-4-9-18(17)21;1-9-4-3-5-11(10(9)2)6-7-13-8-12;1-6(9)7-4-2-3-5-8(7)10;8-7(9)6-4-2-1-3-5-6;7*1-2/h3-16H,1-2H3;2*4-12H,1-3H3;3-12,21-22H,1-2H3;3-8H,1-2H3;2-5,10H,1H3;1-5,8-9H;7*1-2H3/b16-15+;2*12-11+;11-10+,19-12?;7-6+;;;;;;;;;. The zero-order valence-electron chi connectivity index (χ0n) is 86.2. The molecule has 0 aliphatic heterocycles. The van der Waals surface area contributed by atoms with Gasteiger partial charge in [0.1, 0.15) is 45.7 Å². The first-order valence-corrected chi connectivity index (χ1v) is 47.2. The highest BCUT2D eigenvalue weighted by atomic mass is 16.5. The number of aromatic hydroxyl groups is 2. The third-order valence-corrected chi connectivity index (χ3v) is 20.5. The number of aliphatic hydroxyl groups is 1. The summed E-state index contributed by atoms with van der Waals surface area (Å²) in [7, 11) is -1.34. The first kappa shape index (κ1) is 122. The fourth-order valence-corrected chi connectivity index (χ4v) is 12.5. The van der Waals surface area contributed by atoms with Crippen molar-refractivity contribution < 1.29 is 67.6 Å². The molecule has 14 rings (SSSR count). The second kappa shape index (κ2) is 68.8. The van der Waals surface area contributed by atoms with Gasteiger partial charge in [0.15, 0.2) is 22.8 Å². The average molecular weight is 1880 g/mol. The topological polar surface area (TPSA) is 265 Å². The molecule has 0 fully saturated rings. The summed E-state index contributed by atoms with van der Waals surface area (Å²) < 4.78 is 21.7. The normalized spacial score (nSPS) is 10.1. The zero-order chi connectivity index (χ0) is 105. The fourth-order valence-electron chi connectivity index (χ4n) is 12.5. The van der Waals surface area contributed by atoms with E-state index < -0.39 is 13.1 Å². The van der Waals surface area contributed by atoms with E-state index >= 15 is 0 Å². The molecule has 139 heavy (non-hydrogen) atoms. The first-order valence-electron chi connectivity index (χ1n) is 47.2. The molecule has 16 nitrogen and oxygen atoms in total. The highest BCUT2D eigenvalue weighted by Crippen LogP contribution is 2.30. The lowest BCUT2D eigenvalue weighted by Crippen LogP contribution is -2.29. The smallest absolute Gasteiger partial charge is 0.488 e. The van der Waals surface area contributed by atoms with Gasteiger partial charge in [-0.15, -0.1) is 0 Å². The summed E-state index contributed by atoms with van der Waals surface area (Å²) in [5.41, 5.74) is 22.0. The number of para-hydroxylation sites is 5. The van der Waals surface area contributed by atoms with Gasteiger partial charge in [0.25, 0.3) is 6.47 Å². The molecule has 17 heteroatoms. The Labute approximate surface area is 825 Å². The van der Waals surface area contributed by atoms with Gasteiger partial charge in [-0.05, 0) is 276 Å². The number of Topliss-reactive ketones (excluding diaryl/α,β-unsaturated/α-hetero) is 2. The summed E-state index contributed by atoms with van der Waals surface area (Å²) in [4.78, 5) is 81.5. The number of rotatable bonds is 18. The highest BCUT2D eigenvalue weighted by Gasteiger charge is 2.17. The monoisotopic (exact) mass is 1880 g/mol. The molecule has 12 aromatic carbocycles. The molecule has 2 aromatic heterocycles. The van der Waals surface area contributed by atoms with Crippen LogP contribution in [0.5, 0.6) is 17.2 Å². The fraction of sp³-hybridized carbons (Fsp3) is 0.221. The van der Waals surface area contributed by atoms with E-state index in [-0.39, 0.29) is 56.8 Å². The van der Waals surface area contributed by atoms with Crippen LogP contribution in [0.25, 0.3) is 81.4 Å². The second-order valence-corrected chi connectivity index (χ2v) is 29.0. The molecule has 0 spiro atoms. The van der Waals surface area contributed by atoms with E-state index in [0.717, 1.165) is 61.7 Å². The molecule has 5 N–H and O–H groups in total. The molecule has 0 saturated heterocycles. The Morgan fingerprint density at radius 1 is 0.338 bits per heavy atom. The maximum absolute atomic E-state index is 13.2. The van der Waals surface area contributed by atoms with Crippen LogP contribution in [-0.4, -0.2) is 62.3 Å². The van der Waals surface area contributed by atoms with Crippen LogP contribution in [0.2, 0.25) is 0 Å². The van der Waals surface area contributed by atoms with Crippen molar-refractivity contribution in [1.82, 2.24) is 0 Å². The quantitative estimate of drug-likeness (QED) is 0.0102. The van der Waals surface area contributed by atoms with E-state index in [4.69, 9.17) is 28.7 Å². The van der Waals surface area contributed by atoms with E-state index in [2.05, 4.69) is 56.7 Å². The molecule has 0 radical (unpaired) electrons. The van der Waals surface area contributed by atoms with Crippen LogP contribution in [0, 0.1) is 76.2 Å². The molecule has 0 aliphatic rings. The molecule has 0 aliphatic carbocycles. The number of hydrogen-bond acceptors (Lipinski definition) is 16. The van der Waals surface area contributed by atoms with Crippen molar-refractivity contribution in [3.8, 4) is 28.4 Å². The van der Waals surface area contributed by atoms with Gasteiger partial charge in [-0.3, -0.25) is 28.8 Å². The van der Waals surface area contributed by atoms with E-state index in [1.54, 1.807) is 116 Å². The highest BCUT2D eigenvalue weighted by molar-refractivity contribution is 6.58. The number of hydrogen-bond donors (Lipinski definition) is 5. The van der Waals surface area contributed by atoms with Gasteiger partial charge in [0, 0.05) is 17.7 Å². The maximum atomic E-state index is 13.2. The van der Waals surface area contributed by atoms with Gasteiger partial charge >= 0.3 is 13.1 Å². The number of aliphatic hydroxyl groups excluding tert-OH is 1. The van der Waals surface area contributed by atoms with Crippen molar-refractivity contribution in [3.05, 3.63) is 435 Å². The molecular formula is C122H143BO16. The van der Waals surface area contributed by atoms with Crippen LogP contribution in [0.1, 0.15) is 238 Å². The number of carbonyl (C=O) groups is 5. The van der Waals surface area contributed by atoms with Gasteiger partial charge in [0.2, 0.25) is 5.43 Å². The number of phenolic OH excluding ortho intramolecular Hbond substituents is 2. The molecule has 2 heterocycles. The van der Waals surface area contributed by atoms with Crippen LogP contribution in [0.15, 0.2) is 316 Å². The maximum Gasteiger partial charge on any atom is 0.488 e. The Bertz CT molecular complexity index is 6440. The molecule has 14 aromatic rings. The van der Waals surface area contributed by atoms with E-state index in [1.165, 1.54) is 77.8 Å². The number of ketones is 3. The van der Waals surface area contributed by atoms with Crippen LogP contribution in [0.4, 0.5) is 0 Å². The van der Waals surface area contributed by atoms with Crippen molar-refractivity contribution in [2.24, 2.45) is 0 Å². The van der Waals surface area contributed by atoms with Gasteiger partial charge in [0.05, 0.1) is 39.3 Å². The molecule has 0 saturated carbocycles. The summed E-state index contributed by atoms with van der Waals surface area (Å²) >= 11 is 0. The van der Waals surface area contributed by atoms with Gasteiger partial charge < -0.3 is 43.7 Å². The molecule has 0 unspecified atom stereocenters. The third-order valence-electron chi connectivity index (χ3n) is 20.5. The van der Waals surface area contributed by atoms with Crippen molar-refractivity contribution in [3.63, 3.8) is 0 Å². The van der Waals surface area contributed by atoms with Crippen molar-refractivity contribution in [2.45, 2.75) is 187 Å². The summed E-state index contributed by atoms with van der Waals surface area (Å²) in [6, 6.07) is 82.8. The number of ether oxygens (including phenoxy) is 2. The van der Waals surface area contributed by atoms with Crippen molar-refractivity contribution in [2.75, 3.05) is 0 Å². The number of aryl methyl sites for hydroxylation is 5. The summed E-state index contributed by atoms with van der Waals surface area (Å²) in [5, 5.41) is 47.0. The Morgan fingerprint density at radius 3 is 1.07 bits per heavy atom. The second-order valence-electron chi connectivity index (χ2n) is 29.0. The largest absolute Gasteiger partial charge is 0.507 e. The van der Waals surface area contributed by atoms with Gasteiger partial charge in [-0.2, -0.15) is 0 Å². The minimum atomic E-state index is -1.34. The molecular weight excluding hydrogens is 1730 g/mol. The predicted molar refractivity (Wildman–Crippen MR) is 586 cm³/mol. The lowest BCUT2D eigenvalue weighted by molar-refractivity contribution is -0.129. The summed E-state index contributed by atoms with van der Waals surface area (Å²) in [5.74, 6) is 0.101. The Morgan fingerprint density at radius 2 is 0.676 bits per heavy atom. The molecule has 0 bridgehead atoms. The minimum Gasteiger partial charge on any atom is -0.507 e. The van der Waals surface area contributed by atoms with Gasteiger partial charge in [-0.1, -0.05) is 327 Å². The molecule has 0 amide bonds. The van der Waals surface area contributed by atoms with Crippen LogP contribution in [0.3, 0.4) is 0 Å². The Balaban J connectivity index is 0.000000811. The van der Waals surface area contributed by atoms with Crippen LogP contribution >= 0.6 is 0 Å². The number of phenols is 2. The predicted octanol–water partition coefficient (Wildman–Crippen LogP) is 30.0. The van der Waals surface area contributed by atoms with Crippen molar-refractivity contribution >= 4 is 113 Å². The first-order chi connectivity index (χ1) is 67.0. The van der Waals surface area contributed by atoms with E-state index in [1.807, 2.05) is 308 Å². The molecule has 0 atom stereocenters. The number of carbonyl (C=O) groups excluding carboxylic acids is 5. The van der Waals surface area contributed by atoms with Crippen LogP contribution in [-0.2, 0) is 19.1 Å². The van der Waals surface area contributed by atoms with E-state index in [0.29, 0.717) is 67.6 Å². The molecule has 730 valence electrons. The Hall–Kier alpha value is -15.2. The number of benzene rings is 12. The third kappa shape index (κ3) is 40.3. The lowest BCUT2D eigenvalue weighted by atomic mass is 9.81. The summed E-state index contributed by atoms with van der Waals surface area (Å²) in [6.07, 6.45) is 18.3. The number of esters is 1. The minimum absolute atomic E-state index is 0.0105. The number of fused-ring (bicyclic) bond motifs is 2. The summed E-state index contributed by atoms with van der Waals surface area (Å²) in [6.45, 7) is 53.6. The van der Waals surface area contributed by atoms with E-state index in [9.17, 15) is 43.8 Å². The van der Waals surface area contributed by atoms with Crippen molar-refractivity contribution in [1.29, 1.82) is 0 Å². The Kier molecular flexibility index (Phi) is 60.3. The average Bonchev–Trinajstić information content (AvgIpc) is 0.782. The SMILES string of the molecule is CC.CC.CC.CC.CC.CC.CC.CC(=O)c1ccccc1O.CC(=O)c1ccccc1OC(=O)/C=C/c1cccc(C)c1C.Cc1cccc(/C=C/C(=O)C=C(O)c2ccccc2O)c1C.Cc1cccc(/C=C/OC=O)c1C.Cc1cccc(/C=C/c2oc3ccccc3c(=O)c2-c2ccccc2)c1C.Cc1cccc(/C=C/c2oc3ccccc3c(=O)c2C)c1C.OB(O)c1ccccc1. The zero-order valence-corrected chi connectivity index (χ0v) is 86.2. The van der Waals surface area contributed by atoms with Crippen LogP contribution < -0.4 is 21.1 Å².